The minimum atomic E-state index is -0.237. The molecule has 1 aromatic rings. The van der Waals surface area contributed by atoms with Gasteiger partial charge in [0.2, 0.25) is 0 Å². The van der Waals surface area contributed by atoms with Crippen LogP contribution in [0.2, 0.25) is 0 Å². The van der Waals surface area contributed by atoms with Gasteiger partial charge in [-0.3, -0.25) is 4.79 Å². The predicted octanol–water partition coefficient (Wildman–Crippen LogP) is 1.71. The van der Waals surface area contributed by atoms with Gasteiger partial charge in [-0.15, -0.1) is 0 Å². The summed E-state index contributed by atoms with van der Waals surface area (Å²) in [6.07, 6.45) is 2.47. The third-order valence-electron chi connectivity index (χ3n) is 2.52. The summed E-state index contributed by atoms with van der Waals surface area (Å²) >= 11 is 0. The second-order valence-electron chi connectivity index (χ2n) is 4.00. The molecule has 1 rings (SSSR count). The average Bonchev–Trinajstić information content (AvgIpc) is 2.15. The lowest BCUT2D eigenvalue weighted by Crippen LogP contribution is -2.21. The van der Waals surface area contributed by atoms with Crippen LogP contribution in [0.3, 0.4) is 0 Å². The molecule has 1 unspecified atom stereocenters. The van der Waals surface area contributed by atoms with Gasteiger partial charge < -0.3 is 9.67 Å². The molecule has 3 nitrogen and oxygen atoms in total. The number of hydrogen-bond donors (Lipinski definition) is 1. The van der Waals surface area contributed by atoms with Crippen LogP contribution in [0.15, 0.2) is 23.0 Å². The molecule has 0 aliphatic rings. The molecule has 1 N–H and O–H groups in total. The van der Waals surface area contributed by atoms with Gasteiger partial charge in [-0.2, -0.15) is 0 Å². The SMILES string of the molecule is Cc1cccc(=O)n1CCCCC(C)O. The number of aliphatic hydroxyl groups is 1. The molecule has 84 valence electrons. The normalized spacial score (nSPS) is 12.7. The summed E-state index contributed by atoms with van der Waals surface area (Å²) < 4.78 is 1.78. The molecule has 15 heavy (non-hydrogen) atoms. The fourth-order valence-electron chi connectivity index (χ4n) is 1.62. The predicted molar refractivity (Wildman–Crippen MR) is 61.0 cm³/mol. The third kappa shape index (κ3) is 3.88. The van der Waals surface area contributed by atoms with Crippen LogP contribution < -0.4 is 5.56 Å². The number of rotatable bonds is 5. The Hall–Kier alpha value is -1.09. The Bertz CT molecular complexity index is 355. The maximum Gasteiger partial charge on any atom is 0.250 e. The number of pyridine rings is 1. The van der Waals surface area contributed by atoms with Crippen molar-refractivity contribution < 1.29 is 5.11 Å². The van der Waals surface area contributed by atoms with Crippen molar-refractivity contribution in [2.75, 3.05) is 0 Å². The van der Waals surface area contributed by atoms with Crippen LogP contribution >= 0.6 is 0 Å². The summed E-state index contributed by atoms with van der Waals surface area (Å²) in [5, 5.41) is 9.09. The van der Waals surface area contributed by atoms with E-state index in [1.54, 1.807) is 23.6 Å². The molecule has 3 heteroatoms. The van der Waals surface area contributed by atoms with E-state index < -0.39 is 0 Å². The second kappa shape index (κ2) is 5.71. The van der Waals surface area contributed by atoms with Gasteiger partial charge in [0.05, 0.1) is 6.10 Å². The van der Waals surface area contributed by atoms with E-state index in [2.05, 4.69) is 0 Å². The fourth-order valence-corrected chi connectivity index (χ4v) is 1.62. The average molecular weight is 209 g/mol. The summed E-state index contributed by atoms with van der Waals surface area (Å²) in [7, 11) is 0. The van der Waals surface area contributed by atoms with Crippen LogP contribution in [0, 0.1) is 6.92 Å². The van der Waals surface area contributed by atoms with Crippen molar-refractivity contribution >= 4 is 0 Å². The van der Waals surface area contributed by atoms with Crippen molar-refractivity contribution in [2.24, 2.45) is 0 Å². The van der Waals surface area contributed by atoms with Crippen LogP contribution in [0.1, 0.15) is 31.9 Å². The third-order valence-corrected chi connectivity index (χ3v) is 2.52. The zero-order chi connectivity index (χ0) is 11.3. The van der Waals surface area contributed by atoms with Crippen LogP contribution in [0.4, 0.5) is 0 Å². The van der Waals surface area contributed by atoms with E-state index in [0.29, 0.717) is 0 Å². The highest BCUT2D eigenvalue weighted by Gasteiger charge is 2.00. The molecule has 0 amide bonds. The zero-order valence-corrected chi connectivity index (χ0v) is 9.44. The quantitative estimate of drug-likeness (QED) is 0.750. The molecule has 0 saturated heterocycles. The van der Waals surface area contributed by atoms with Crippen molar-refractivity contribution in [3.05, 3.63) is 34.2 Å². The van der Waals surface area contributed by atoms with Gasteiger partial charge in [-0.1, -0.05) is 6.07 Å². The first-order valence-corrected chi connectivity index (χ1v) is 5.46. The summed E-state index contributed by atoms with van der Waals surface area (Å²) in [6.45, 7) is 4.48. The Kier molecular flexibility index (Phi) is 4.56. The first kappa shape index (κ1) is 12.0. The minimum absolute atomic E-state index is 0.0621. The number of aromatic nitrogens is 1. The fraction of sp³-hybridized carbons (Fsp3) is 0.583. The van der Waals surface area contributed by atoms with Gasteiger partial charge in [-0.05, 0) is 39.2 Å². The Labute approximate surface area is 90.4 Å². The molecular formula is C12H19NO2. The summed E-state index contributed by atoms with van der Waals surface area (Å²) in [6, 6.07) is 5.31. The number of aliphatic hydroxyl groups excluding tert-OH is 1. The topological polar surface area (TPSA) is 42.2 Å². The molecular weight excluding hydrogens is 190 g/mol. The van der Waals surface area contributed by atoms with E-state index in [1.807, 2.05) is 13.0 Å². The Morgan fingerprint density at radius 3 is 2.73 bits per heavy atom. The Balaban J connectivity index is 2.47. The standard InChI is InChI=1S/C12H19NO2/c1-10-6-5-8-12(15)13(10)9-4-3-7-11(2)14/h5-6,8,11,14H,3-4,7,9H2,1-2H3. The largest absolute Gasteiger partial charge is 0.393 e. The van der Waals surface area contributed by atoms with Crippen LogP contribution in [0.25, 0.3) is 0 Å². The van der Waals surface area contributed by atoms with Gasteiger partial charge in [0.25, 0.3) is 5.56 Å². The highest BCUT2D eigenvalue weighted by atomic mass is 16.3. The monoisotopic (exact) mass is 209 g/mol. The second-order valence-corrected chi connectivity index (χ2v) is 4.00. The molecule has 0 spiro atoms. The first-order chi connectivity index (χ1) is 7.11. The lowest BCUT2D eigenvalue weighted by atomic mass is 10.2. The number of unbranched alkanes of at least 4 members (excludes halogenated alkanes) is 1. The van der Waals surface area contributed by atoms with E-state index in [1.165, 1.54) is 0 Å². The summed E-state index contributed by atoms with van der Waals surface area (Å²) in [4.78, 5) is 11.5. The van der Waals surface area contributed by atoms with Crippen LogP contribution in [0.5, 0.6) is 0 Å². The van der Waals surface area contributed by atoms with Gasteiger partial charge >= 0.3 is 0 Å². The number of hydrogen-bond acceptors (Lipinski definition) is 2. The van der Waals surface area contributed by atoms with Crippen molar-refractivity contribution in [3.8, 4) is 0 Å². The molecule has 0 aliphatic heterocycles. The minimum Gasteiger partial charge on any atom is -0.393 e. The van der Waals surface area contributed by atoms with Crippen LogP contribution in [-0.2, 0) is 6.54 Å². The van der Waals surface area contributed by atoms with Gasteiger partial charge in [0, 0.05) is 18.3 Å². The van der Waals surface area contributed by atoms with E-state index in [0.717, 1.165) is 31.5 Å². The van der Waals surface area contributed by atoms with Crippen LogP contribution in [-0.4, -0.2) is 15.8 Å². The zero-order valence-electron chi connectivity index (χ0n) is 9.44. The van der Waals surface area contributed by atoms with Crippen molar-refractivity contribution in [1.29, 1.82) is 0 Å². The maximum absolute atomic E-state index is 11.5. The van der Waals surface area contributed by atoms with Crippen molar-refractivity contribution in [2.45, 2.75) is 45.8 Å². The number of aryl methyl sites for hydroxylation is 1. The molecule has 0 fully saturated rings. The van der Waals surface area contributed by atoms with Crippen molar-refractivity contribution in [3.63, 3.8) is 0 Å². The van der Waals surface area contributed by atoms with Gasteiger partial charge in [0.15, 0.2) is 0 Å². The smallest absolute Gasteiger partial charge is 0.250 e. The molecule has 1 aromatic heterocycles. The lowest BCUT2D eigenvalue weighted by Gasteiger charge is -2.09. The Morgan fingerprint density at radius 1 is 1.40 bits per heavy atom. The lowest BCUT2D eigenvalue weighted by molar-refractivity contribution is 0.180. The first-order valence-electron chi connectivity index (χ1n) is 5.46. The van der Waals surface area contributed by atoms with Gasteiger partial charge in [0.1, 0.15) is 0 Å². The summed E-state index contributed by atoms with van der Waals surface area (Å²) in [5.41, 5.74) is 1.06. The Morgan fingerprint density at radius 2 is 2.13 bits per heavy atom. The molecule has 0 saturated carbocycles. The van der Waals surface area contributed by atoms with Crippen molar-refractivity contribution in [1.82, 2.24) is 4.57 Å². The molecule has 1 heterocycles. The van der Waals surface area contributed by atoms with E-state index >= 15 is 0 Å². The molecule has 1 atom stereocenters. The highest BCUT2D eigenvalue weighted by Crippen LogP contribution is 2.03. The van der Waals surface area contributed by atoms with E-state index in [4.69, 9.17) is 5.11 Å². The molecule has 0 bridgehead atoms. The highest BCUT2D eigenvalue weighted by molar-refractivity contribution is 5.04. The maximum atomic E-state index is 11.5. The van der Waals surface area contributed by atoms with Gasteiger partial charge in [-0.25, -0.2) is 0 Å². The molecule has 0 radical (unpaired) electrons. The molecule has 0 aromatic carbocycles. The molecule has 0 aliphatic carbocycles. The number of nitrogens with zero attached hydrogens (tertiary/aromatic N) is 1. The van der Waals surface area contributed by atoms with E-state index in [-0.39, 0.29) is 11.7 Å². The summed E-state index contributed by atoms with van der Waals surface area (Å²) in [5.74, 6) is 0. The van der Waals surface area contributed by atoms with E-state index in [9.17, 15) is 4.79 Å².